The lowest BCUT2D eigenvalue weighted by Gasteiger charge is -2.24. The molecule has 12 nitrogen and oxygen atoms in total. The van der Waals surface area contributed by atoms with Gasteiger partial charge >= 0.3 is 5.97 Å². The van der Waals surface area contributed by atoms with Crippen LogP contribution in [0, 0.1) is 31.6 Å². The van der Waals surface area contributed by atoms with E-state index in [4.69, 9.17) is 10.5 Å². The first-order chi connectivity index (χ1) is 17.7. The third-order valence-corrected chi connectivity index (χ3v) is 6.67. The van der Waals surface area contributed by atoms with E-state index in [9.17, 15) is 35.1 Å². The minimum atomic E-state index is -1.13. The van der Waals surface area contributed by atoms with Crippen LogP contribution in [0.4, 0.5) is 11.4 Å². The summed E-state index contributed by atoms with van der Waals surface area (Å²) in [6, 6.07) is 13.1. The van der Waals surface area contributed by atoms with E-state index in [1.165, 1.54) is 48.5 Å². The minimum Gasteiger partial charge on any atom is -0.463 e. The fourth-order valence-electron chi connectivity index (χ4n) is 3.99. The Bertz CT molecular complexity index is 1730. The molecule has 0 saturated carbocycles. The third-order valence-electron chi connectivity index (χ3n) is 5.56. The second kappa shape index (κ2) is 9.88. The number of nitro benzene ring substituents is 2. The van der Waals surface area contributed by atoms with Gasteiger partial charge in [-0.1, -0.05) is 24.3 Å². The van der Waals surface area contributed by atoms with E-state index in [2.05, 4.69) is 0 Å². The summed E-state index contributed by atoms with van der Waals surface area (Å²) >= 11 is 0.909. The molecule has 1 aliphatic rings. The maximum absolute atomic E-state index is 13.4. The molecule has 0 radical (unpaired) electrons. The Hall–Kier alpha value is -5.09. The molecule has 0 aliphatic carbocycles. The molecule has 0 spiro atoms. The number of thiazole rings is 1. The van der Waals surface area contributed by atoms with Gasteiger partial charge in [0.15, 0.2) is 0 Å². The van der Waals surface area contributed by atoms with Crippen molar-refractivity contribution in [3.05, 3.63) is 105 Å². The van der Waals surface area contributed by atoms with Gasteiger partial charge in [-0.15, -0.1) is 11.3 Å². The predicted octanol–water partition coefficient (Wildman–Crippen LogP) is 1.72. The lowest BCUT2D eigenvalue weighted by Crippen LogP contribution is -2.40. The van der Waals surface area contributed by atoms with Crippen LogP contribution in [0.5, 0.6) is 0 Å². The Balaban J connectivity index is 2.05. The number of aromatic nitrogens is 1. The predicted molar refractivity (Wildman–Crippen MR) is 133 cm³/mol. The average Bonchev–Trinajstić information content (AvgIpc) is 3.20. The first-order valence-electron chi connectivity index (χ1n) is 10.7. The molecular weight excluding hydrogens is 502 g/mol. The van der Waals surface area contributed by atoms with Gasteiger partial charge in [0.25, 0.3) is 16.9 Å². The molecule has 1 atom stereocenters. The molecule has 37 heavy (non-hydrogen) atoms. The van der Waals surface area contributed by atoms with E-state index in [0.29, 0.717) is 5.56 Å². The number of carbonyl (C=O) groups excluding carboxylic acids is 1. The first kappa shape index (κ1) is 25.0. The van der Waals surface area contributed by atoms with Gasteiger partial charge in [0, 0.05) is 24.3 Å². The van der Waals surface area contributed by atoms with E-state index >= 15 is 0 Å². The van der Waals surface area contributed by atoms with Crippen molar-refractivity contribution in [1.82, 2.24) is 4.57 Å². The van der Waals surface area contributed by atoms with Crippen molar-refractivity contribution in [1.29, 1.82) is 5.26 Å². The maximum Gasteiger partial charge on any atom is 0.338 e. The van der Waals surface area contributed by atoms with Gasteiger partial charge in [-0.2, -0.15) is 5.26 Å². The molecule has 3 aromatic rings. The molecule has 0 amide bonds. The molecule has 1 aromatic heterocycles. The number of non-ortho nitro benzene ring substituents is 2. The van der Waals surface area contributed by atoms with E-state index in [1.54, 1.807) is 13.0 Å². The standard InChI is InChI=1S/C24H17N5O7S/c1-2-36-24(31)20-19(14-6-4-8-16(11-14)29(34)35)17(12-25)23-27(21(20)26)22(30)18(37-23)10-13-5-3-7-15(9-13)28(32)33/h3-11,19H,2,26H2,1H3/b18-10+. The highest BCUT2D eigenvalue weighted by atomic mass is 32.1. The molecule has 0 saturated heterocycles. The lowest BCUT2D eigenvalue weighted by molar-refractivity contribution is -0.385. The summed E-state index contributed by atoms with van der Waals surface area (Å²) in [5.41, 5.74) is 5.63. The number of nitrogens with two attached hydrogens (primary N) is 1. The van der Waals surface area contributed by atoms with Crippen molar-refractivity contribution < 1.29 is 19.4 Å². The summed E-state index contributed by atoms with van der Waals surface area (Å²) in [5.74, 6) is -2.28. The number of esters is 1. The number of nitrogens with zero attached hydrogens (tertiary/aromatic N) is 4. The second-order valence-corrected chi connectivity index (χ2v) is 8.77. The van der Waals surface area contributed by atoms with E-state index in [0.717, 1.165) is 15.9 Å². The summed E-state index contributed by atoms with van der Waals surface area (Å²) in [7, 11) is 0. The van der Waals surface area contributed by atoms with Gasteiger partial charge in [0.2, 0.25) is 0 Å². The van der Waals surface area contributed by atoms with Crippen LogP contribution in [0.1, 0.15) is 24.0 Å². The molecule has 0 fully saturated rings. The van der Waals surface area contributed by atoms with Crippen LogP contribution < -0.4 is 20.5 Å². The Labute approximate surface area is 211 Å². The smallest absolute Gasteiger partial charge is 0.338 e. The number of hydrogen-bond acceptors (Lipinski definition) is 10. The highest BCUT2D eigenvalue weighted by Gasteiger charge is 2.37. The van der Waals surface area contributed by atoms with Crippen LogP contribution in [-0.4, -0.2) is 27.0 Å². The quantitative estimate of drug-likeness (QED) is 0.288. The number of carbonyl (C=O) groups is 1. The number of nitriles is 1. The fraction of sp³-hybridized carbons (Fsp3) is 0.125. The van der Waals surface area contributed by atoms with Crippen LogP contribution in [0.2, 0.25) is 0 Å². The minimum absolute atomic E-state index is 0.0175. The topological polar surface area (TPSA) is 184 Å². The van der Waals surface area contributed by atoms with Gasteiger partial charge in [-0.05, 0) is 24.1 Å². The lowest BCUT2D eigenvalue weighted by atomic mass is 9.83. The molecule has 2 aromatic carbocycles. The van der Waals surface area contributed by atoms with Crippen molar-refractivity contribution >= 4 is 46.2 Å². The van der Waals surface area contributed by atoms with Crippen LogP contribution in [-0.2, 0) is 9.53 Å². The summed E-state index contributed by atoms with van der Waals surface area (Å²) in [5, 5.41) is 32.6. The molecule has 1 aliphatic heterocycles. The summed E-state index contributed by atoms with van der Waals surface area (Å²) in [6.45, 7) is 1.55. The van der Waals surface area contributed by atoms with Crippen LogP contribution in [0.25, 0.3) is 17.5 Å². The van der Waals surface area contributed by atoms with Gasteiger partial charge < -0.3 is 10.5 Å². The molecular formula is C24H17N5O7S. The molecule has 2 heterocycles. The van der Waals surface area contributed by atoms with Crippen LogP contribution >= 0.6 is 11.3 Å². The van der Waals surface area contributed by atoms with Crippen LogP contribution in [0.3, 0.4) is 0 Å². The van der Waals surface area contributed by atoms with E-state index < -0.39 is 27.3 Å². The summed E-state index contributed by atoms with van der Waals surface area (Å²) in [6.07, 6.45) is 1.42. The number of hydrogen-bond donors (Lipinski definition) is 1. The second-order valence-electron chi connectivity index (χ2n) is 7.74. The zero-order chi connectivity index (χ0) is 26.9. The van der Waals surface area contributed by atoms with E-state index in [1.807, 2.05) is 6.07 Å². The summed E-state index contributed by atoms with van der Waals surface area (Å²) < 4.78 is 6.41. The number of rotatable bonds is 6. The summed E-state index contributed by atoms with van der Waals surface area (Å²) in [4.78, 5) is 47.7. The normalized spacial score (nSPS) is 15.2. The Morgan fingerprint density at radius 2 is 1.84 bits per heavy atom. The van der Waals surface area contributed by atoms with Crippen molar-refractivity contribution in [3.8, 4) is 6.07 Å². The van der Waals surface area contributed by atoms with Gasteiger partial charge in [-0.25, -0.2) is 4.79 Å². The number of nitro groups is 2. The Morgan fingerprint density at radius 3 is 2.46 bits per heavy atom. The van der Waals surface area contributed by atoms with Crippen molar-refractivity contribution in [2.75, 3.05) is 6.61 Å². The molecule has 1 unspecified atom stereocenters. The molecule has 0 bridgehead atoms. The highest BCUT2D eigenvalue weighted by molar-refractivity contribution is 7.07. The number of benzene rings is 2. The zero-order valence-electron chi connectivity index (χ0n) is 19.1. The Morgan fingerprint density at radius 1 is 1.19 bits per heavy atom. The van der Waals surface area contributed by atoms with Gasteiger partial charge in [0.1, 0.15) is 10.5 Å². The SMILES string of the molecule is CCOC(=O)C1=C(N)n2c(s/c(=C/c3cccc([N+](=O)[O-])c3)c2=O)=C(C#N)C1c1cccc([N+](=O)[O-])c1. The maximum atomic E-state index is 13.4. The number of ether oxygens (including phenoxy) is 1. The molecule has 2 N–H and O–H groups in total. The molecule has 4 rings (SSSR count). The fourth-order valence-corrected chi connectivity index (χ4v) is 5.12. The number of fused-ring (bicyclic) bond motifs is 1. The van der Waals surface area contributed by atoms with Crippen molar-refractivity contribution in [2.24, 2.45) is 5.73 Å². The van der Waals surface area contributed by atoms with Crippen molar-refractivity contribution in [3.63, 3.8) is 0 Å². The van der Waals surface area contributed by atoms with Crippen LogP contribution in [0.15, 0.2) is 58.9 Å². The van der Waals surface area contributed by atoms with Gasteiger partial charge in [0.05, 0.1) is 44.1 Å². The molecule has 13 heteroatoms. The average molecular weight is 519 g/mol. The van der Waals surface area contributed by atoms with E-state index in [-0.39, 0.29) is 49.7 Å². The first-order valence-corrected chi connectivity index (χ1v) is 11.5. The third kappa shape index (κ3) is 4.48. The molecule has 186 valence electrons. The zero-order valence-corrected chi connectivity index (χ0v) is 19.9. The van der Waals surface area contributed by atoms with Crippen molar-refractivity contribution in [2.45, 2.75) is 12.8 Å². The monoisotopic (exact) mass is 519 g/mol. The Kier molecular flexibility index (Phi) is 6.68. The van der Waals surface area contributed by atoms with Gasteiger partial charge in [-0.3, -0.25) is 29.6 Å². The highest BCUT2D eigenvalue weighted by Crippen LogP contribution is 2.37. The largest absolute Gasteiger partial charge is 0.463 e.